The minimum absolute atomic E-state index is 0.0710. The van der Waals surface area contributed by atoms with E-state index in [9.17, 15) is 4.79 Å². The van der Waals surface area contributed by atoms with Crippen LogP contribution in [0.3, 0.4) is 0 Å². The Hall–Kier alpha value is 0. The molecule has 0 atom stereocenters. The van der Waals surface area contributed by atoms with Crippen LogP contribution in [0.5, 0.6) is 0 Å². The summed E-state index contributed by atoms with van der Waals surface area (Å²) in [4.78, 5) is 11.5. The molecule has 0 aromatic carbocycles. The zero-order valence-corrected chi connectivity index (χ0v) is 14.3. The number of hydrogen-bond donors (Lipinski definition) is 1. The van der Waals surface area contributed by atoms with E-state index in [0.29, 0.717) is 6.54 Å². The van der Waals surface area contributed by atoms with Crippen molar-refractivity contribution in [2.45, 2.75) is 63.9 Å². The second-order valence-corrected chi connectivity index (χ2v) is 9.84. The monoisotopic (exact) mass is 355 g/mol. The SMILES string of the molecule is CC(C)(I)CC(C)(C)CNC(=O)OC(C)(C)C. The summed E-state index contributed by atoms with van der Waals surface area (Å²) in [7, 11) is 0. The van der Waals surface area contributed by atoms with Crippen LogP contribution in [0.15, 0.2) is 0 Å². The van der Waals surface area contributed by atoms with E-state index in [2.05, 4.69) is 55.6 Å². The van der Waals surface area contributed by atoms with Crippen molar-refractivity contribution in [3.63, 3.8) is 0 Å². The van der Waals surface area contributed by atoms with E-state index in [4.69, 9.17) is 4.74 Å². The molecule has 0 aromatic heterocycles. The summed E-state index contributed by atoms with van der Waals surface area (Å²) in [6, 6.07) is 0. The molecule has 17 heavy (non-hydrogen) atoms. The van der Waals surface area contributed by atoms with Gasteiger partial charge in [-0.3, -0.25) is 0 Å². The number of carbonyl (C=O) groups is 1. The molecular formula is C13H26INO2. The van der Waals surface area contributed by atoms with Crippen molar-refractivity contribution in [3.05, 3.63) is 0 Å². The third-order valence-corrected chi connectivity index (χ3v) is 2.39. The number of carbonyl (C=O) groups excluding carboxylic acids is 1. The largest absolute Gasteiger partial charge is 0.444 e. The van der Waals surface area contributed by atoms with E-state index in [0.717, 1.165) is 6.42 Å². The van der Waals surface area contributed by atoms with Crippen LogP contribution in [0.1, 0.15) is 54.9 Å². The predicted octanol–water partition coefficient (Wildman–Crippen LogP) is 4.14. The van der Waals surface area contributed by atoms with Crippen LogP contribution in [0.2, 0.25) is 0 Å². The van der Waals surface area contributed by atoms with Gasteiger partial charge in [-0.25, -0.2) is 4.79 Å². The van der Waals surface area contributed by atoms with Crippen LogP contribution in [-0.4, -0.2) is 21.7 Å². The van der Waals surface area contributed by atoms with E-state index in [-0.39, 0.29) is 14.9 Å². The van der Waals surface area contributed by atoms with Gasteiger partial charge in [0.05, 0.1) is 0 Å². The van der Waals surface area contributed by atoms with Crippen molar-refractivity contribution >= 4 is 28.7 Å². The molecule has 0 rings (SSSR count). The highest BCUT2D eigenvalue weighted by Gasteiger charge is 2.27. The average molecular weight is 355 g/mol. The van der Waals surface area contributed by atoms with E-state index in [1.165, 1.54) is 0 Å². The molecule has 3 nitrogen and oxygen atoms in total. The van der Waals surface area contributed by atoms with Gasteiger partial charge in [0.15, 0.2) is 0 Å². The van der Waals surface area contributed by atoms with E-state index >= 15 is 0 Å². The molecular weight excluding hydrogens is 329 g/mol. The lowest BCUT2D eigenvalue weighted by molar-refractivity contribution is 0.0503. The molecule has 0 unspecified atom stereocenters. The number of nitrogens with one attached hydrogen (secondary N) is 1. The topological polar surface area (TPSA) is 38.3 Å². The highest BCUT2D eigenvalue weighted by Crippen LogP contribution is 2.33. The van der Waals surface area contributed by atoms with Crippen LogP contribution in [0.25, 0.3) is 0 Å². The lowest BCUT2D eigenvalue weighted by atomic mass is 9.84. The molecule has 0 aliphatic heterocycles. The second-order valence-electron chi connectivity index (χ2n) is 6.92. The lowest BCUT2D eigenvalue weighted by Gasteiger charge is -2.31. The maximum Gasteiger partial charge on any atom is 0.407 e. The standard InChI is InChI=1S/C13H26INO2/c1-11(2,3)17-10(16)15-9-12(4,5)8-13(6,7)14/h8-9H2,1-7H3,(H,15,16). The Bertz CT molecular complexity index is 262. The summed E-state index contributed by atoms with van der Waals surface area (Å²) in [6.45, 7) is 14.9. The summed E-state index contributed by atoms with van der Waals surface area (Å²) >= 11 is 2.44. The van der Waals surface area contributed by atoms with Crippen molar-refractivity contribution in [1.82, 2.24) is 5.32 Å². The first-order valence-corrected chi connectivity index (χ1v) is 7.04. The average Bonchev–Trinajstić information content (AvgIpc) is 1.92. The fourth-order valence-electron chi connectivity index (χ4n) is 1.83. The van der Waals surface area contributed by atoms with Gasteiger partial charge in [-0.15, -0.1) is 0 Å². The number of alkyl halides is 1. The zero-order valence-electron chi connectivity index (χ0n) is 12.1. The normalized spacial score (nSPS) is 13.4. The molecule has 0 aliphatic rings. The molecule has 4 heteroatoms. The molecule has 0 bridgehead atoms. The Labute approximate surface area is 119 Å². The number of ether oxygens (including phenoxy) is 1. The van der Waals surface area contributed by atoms with Crippen molar-refractivity contribution in [1.29, 1.82) is 0 Å². The van der Waals surface area contributed by atoms with Gasteiger partial charge in [0.1, 0.15) is 5.60 Å². The Morgan fingerprint density at radius 3 is 1.94 bits per heavy atom. The molecule has 0 spiro atoms. The van der Waals surface area contributed by atoms with Crippen LogP contribution in [-0.2, 0) is 4.74 Å². The van der Waals surface area contributed by atoms with Gasteiger partial charge in [-0.05, 0) is 32.6 Å². The quantitative estimate of drug-likeness (QED) is 0.608. The third-order valence-electron chi connectivity index (χ3n) is 2.01. The van der Waals surface area contributed by atoms with Gasteiger partial charge in [-0.2, -0.15) is 0 Å². The molecule has 0 radical (unpaired) electrons. The van der Waals surface area contributed by atoms with E-state index in [1.807, 2.05) is 20.8 Å². The zero-order chi connectivity index (χ0) is 13.9. The second kappa shape index (κ2) is 5.76. The first-order valence-electron chi connectivity index (χ1n) is 5.97. The van der Waals surface area contributed by atoms with Crippen molar-refractivity contribution in [3.8, 4) is 0 Å². The number of rotatable bonds is 4. The summed E-state index contributed by atoms with van der Waals surface area (Å²) < 4.78 is 5.44. The van der Waals surface area contributed by atoms with Gasteiger partial charge in [0, 0.05) is 9.97 Å². The minimum atomic E-state index is -0.434. The van der Waals surface area contributed by atoms with Gasteiger partial charge < -0.3 is 10.1 Å². The fourth-order valence-corrected chi connectivity index (χ4v) is 2.86. The number of hydrogen-bond acceptors (Lipinski definition) is 2. The molecule has 0 heterocycles. The first-order chi connectivity index (χ1) is 7.31. The summed E-state index contributed by atoms with van der Waals surface area (Å²) in [5, 5.41) is 2.84. The minimum Gasteiger partial charge on any atom is -0.444 e. The van der Waals surface area contributed by atoms with Crippen molar-refractivity contribution < 1.29 is 9.53 Å². The molecule has 1 amide bonds. The Balaban J connectivity index is 4.15. The number of alkyl carbamates (subject to hydrolysis) is 1. The molecule has 0 fully saturated rings. The van der Waals surface area contributed by atoms with Crippen molar-refractivity contribution in [2.75, 3.05) is 6.54 Å². The maximum atomic E-state index is 11.5. The summed E-state index contributed by atoms with van der Waals surface area (Å²) in [6.07, 6.45) is 0.702. The first kappa shape index (κ1) is 17.0. The third kappa shape index (κ3) is 10.9. The number of amides is 1. The van der Waals surface area contributed by atoms with Crippen LogP contribution >= 0.6 is 22.6 Å². The highest BCUT2D eigenvalue weighted by molar-refractivity contribution is 14.1. The van der Waals surface area contributed by atoms with Gasteiger partial charge in [0.25, 0.3) is 0 Å². The molecule has 0 saturated heterocycles. The smallest absolute Gasteiger partial charge is 0.407 e. The maximum absolute atomic E-state index is 11.5. The fraction of sp³-hybridized carbons (Fsp3) is 0.923. The lowest BCUT2D eigenvalue weighted by Crippen LogP contribution is -2.39. The summed E-state index contributed by atoms with van der Waals surface area (Å²) in [5.41, 5.74) is -0.363. The Morgan fingerprint density at radius 2 is 1.59 bits per heavy atom. The number of halogens is 1. The summed E-state index contributed by atoms with van der Waals surface area (Å²) in [5.74, 6) is 0. The Kier molecular flexibility index (Phi) is 5.76. The van der Waals surface area contributed by atoms with Gasteiger partial charge in [-0.1, -0.05) is 50.3 Å². The predicted molar refractivity (Wildman–Crippen MR) is 80.7 cm³/mol. The van der Waals surface area contributed by atoms with Crippen LogP contribution < -0.4 is 5.32 Å². The van der Waals surface area contributed by atoms with Crippen LogP contribution in [0, 0.1) is 5.41 Å². The van der Waals surface area contributed by atoms with Crippen LogP contribution in [0.4, 0.5) is 4.79 Å². The molecule has 102 valence electrons. The molecule has 0 aromatic rings. The molecule has 0 aliphatic carbocycles. The highest BCUT2D eigenvalue weighted by atomic mass is 127. The van der Waals surface area contributed by atoms with Crippen molar-refractivity contribution in [2.24, 2.45) is 5.41 Å². The van der Waals surface area contributed by atoms with Gasteiger partial charge >= 0.3 is 6.09 Å². The molecule has 0 saturated carbocycles. The van der Waals surface area contributed by atoms with E-state index in [1.54, 1.807) is 0 Å². The van der Waals surface area contributed by atoms with E-state index < -0.39 is 5.60 Å². The van der Waals surface area contributed by atoms with Gasteiger partial charge in [0.2, 0.25) is 0 Å². The Morgan fingerprint density at radius 1 is 1.12 bits per heavy atom. The molecule has 1 N–H and O–H groups in total.